The Morgan fingerprint density at radius 2 is 2.33 bits per heavy atom. The Labute approximate surface area is 153 Å². The van der Waals surface area contributed by atoms with Crippen LogP contribution in [-0.4, -0.2) is 59.2 Å². The molecule has 0 aliphatic carbocycles. The van der Waals surface area contributed by atoms with Gasteiger partial charge in [0.25, 0.3) is 0 Å². The summed E-state index contributed by atoms with van der Waals surface area (Å²) >= 11 is 0. The number of phenolic OH excluding ortho intramolecular Hbond substituents is 2. The molecule has 0 radical (unpaired) electrons. The van der Waals surface area contributed by atoms with Crippen LogP contribution in [0.15, 0.2) is 33.1 Å². The number of anilines is 1. The lowest BCUT2D eigenvalue weighted by atomic mass is 9.89. The van der Waals surface area contributed by atoms with Gasteiger partial charge in [-0.05, 0) is 0 Å². The number of aliphatic hydroxyl groups excluding tert-OH is 1. The summed E-state index contributed by atoms with van der Waals surface area (Å²) in [7, 11) is 1.56. The lowest BCUT2D eigenvalue weighted by molar-refractivity contribution is -0.0324. The van der Waals surface area contributed by atoms with Crippen molar-refractivity contribution in [2.45, 2.75) is 23.7 Å². The molecule has 0 aromatic heterocycles. The average Bonchev–Trinajstić information content (AvgIpc) is 3.05. The number of phenols is 2. The highest BCUT2D eigenvalue weighted by Crippen LogP contribution is 2.62. The minimum absolute atomic E-state index is 0.00243. The molecule has 0 bridgehead atoms. The van der Waals surface area contributed by atoms with Crippen LogP contribution >= 0.6 is 0 Å². The van der Waals surface area contributed by atoms with Gasteiger partial charge in [0, 0.05) is 31.3 Å². The fraction of sp³-hybridized carbons (Fsp3) is 0.412. The van der Waals surface area contributed by atoms with E-state index in [1.807, 2.05) is 11.0 Å². The number of methoxy groups -OCH3 is 1. The maximum Gasteiger partial charge on any atom is 0.194 e. The van der Waals surface area contributed by atoms with Crippen molar-refractivity contribution < 1.29 is 20.1 Å². The summed E-state index contributed by atoms with van der Waals surface area (Å²) in [5.41, 5.74) is 0.146. The first kappa shape index (κ1) is 16.2. The number of amidine groups is 1. The van der Waals surface area contributed by atoms with Gasteiger partial charge in [-0.3, -0.25) is 0 Å². The summed E-state index contributed by atoms with van der Waals surface area (Å²) in [6, 6.07) is 3.46. The highest BCUT2D eigenvalue weighted by molar-refractivity contribution is 6.05. The largest absolute Gasteiger partial charge is 0.506 e. The van der Waals surface area contributed by atoms with Crippen LogP contribution in [0.3, 0.4) is 0 Å². The predicted octanol–water partition coefficient (Wildman–Crippen LogP) is 0.594. The number of azo groups is 1. The molecule has 4 N–H and O–H groups in total. The van der Waals surface area contributed by atoms with Crippen LogP contribution < -0.4 is 10.2 Å². The first-order valence-electron chi connectivity index (χ1n) is 8.45. The van der Waals surface area contributed by atoms with Crippen molar-refractivity contribution in [3.63, 3.8) is 0 Å². The van der Waals surface area contributed by atoms with E-state index in [1.54, 1.807) is 7.11 Å². The van der Waals surface area contributed by atoms with Gasteiger partial charge >= 0.3 is 0 Å². The van der Waals surface area contributed by atoms with Crippen LogP contribution in [0.25, 0.3) is 0 Å². The van der Waals surface area contributed by atoms with Crippen molar-refractivity contribution in [2.24, 2.45) is 15.2 Å². The van der Waals surface area contributed by atoms with Crippen molar-refractivity contribution >= 4 is 17.2 Å². The van der Waals surface area contributed by atoms with E-state index in [2.05, 4.69) is 20.5 Å². The van der Waals surface area contributed by atoms with Gasteiger partial charge in [-0.2, -0.15) is 10.4 Å². The molecule has 4 aliphatic rings. The number of benzene rings is 1. The molecule has 10 nitrogen and oxygen atoms in total. The van der Waals surface area contributed by atoms with E-state index in [0.717, 1.165) is 0 Å². The molecule has 2 saturated heterocycles. The van der Waals surface area contributed by atoms with Crippen LogP contribution in [0, 0.1) is 11.3 Å². The molecule has 10 heteroatoms. The van der Waals surface area contributed by atoms with Gasteiger partial charge in [0.15, 0.2) is 11.6 Å². The fourth-order valence-corrected chi connectivity index (χ4v) is 4.61. The normalized spacial score (nSPS) is 33.7. The highest BCUT2D eigenvalue weighted by atomic mass is 16.5. The summed E-state index contributed by atoms with van der Waals surface area (Å²) in [5, 5.41) is 51.5. The number of hydrogen-bond acceptors (Lipinski definition) is 9. The Balaban J connectivity index is 1.69. The molecule has 27 heavy (non-hydrogen) atoms. The van der Waals surface area contributed by atoms with Crippen LogP contribution in [-0.2, 0) is 4.74 Å². The van der Waals surface area contributed by atoms with Gasteiger partial charge in [0.05, 0.1) is 30.5 Å². The number of aromatic hydroxyl groups is 2. The zero-order valence-electron chi connectivity index (χ0n) is 14.3. The maximum absolute atomic E-state index is 10.9. The quantitative estimate of drug-likeness (QED) is 0.449. The Bertz CT molecular complexity index is 996. The van der Waals surface area contributed by atoms with Gasteiger partial charge in [0.1, 0.15) is 28.8 Å². The van der Waals surface area contributed by atoms with E-state index in [1.165, 1.54) is 12.3 Å². The molecule has 0 spiro atoms. The number of nitrogens with one attached hydrogen (secondary N) is 1. The number of ether oxygens (including phenoxy) is 1. The van der Waals surface area contributed by atoms with Gasteiger partial charge < -0.3 is 30.3 Å². The Morgan fingerprint density at radius 3 is 3.04 bits per heavy atom. The minimum Gasteiger partial charge on any atom is -0.506 e. The summed E-state index contributed by atoms with van der Waals surface area (Å²) in [6.45, 7) is 0.316. The predicted molar refractivity (Wildman–Crippen MR) is 93.0 cm³/mol. The van der Waals surface area contributed by atoms with Crippen molar-refractivity contribution in [3.05, 3.63) is 23.4 Å². The molecule has 4 unspecified atom stereocenters. The topological polar surface area (TPSA) is 156 Å². The van der Waals surface area contributed by atoms with Crippen LogP contribution in [0.4, 0.5) is 11.4 Å². The smallest absolute Gasteiger partial charge is 0.194 e. The van der Waals surface area contributed by atoms with Crippen LogP contribution in [0.2, 0.25) is 0 Å². The maximum atomic E-state index is 10.9. The minimum atomic E-state index is -0.882. The van der Waals surface area contributed by atoms with Gasteiger partial charge in [-0.1, -0.05) is 0 Å². The number of nitrogens with zero attached hydrogens (tertiary/aromatic N) is 5. The third-order valence-electron chi connectivity index (χ3n) is 5.76. The Kier molecular flexibility index (Phi) is 3.16. The molecule has 138 valence electrons. The molecule has 0 amide bonds. The monoisotopic (exact) mass is 368 g/mol. The van der Waals surface area contributed by atoms with Gasteiger partial charge in [0.2, 0.25) is 0 Å². The summed E-state index contributed by atoms with van der Waals surface area (Å²) in [5.74, 6) is -0.795. The number of fused-ring (bicyclic) bond motifs is 5. The van der Waals surface area contributed by atoms with Gasteiger partial charge in [-0.25, -0.2) is 4.99 Å². The first-order valence-corrected chi connectivity index (χ1v) is 8.45. The second-order valence-corrected chi connectivity index (χ2v) is 6.88. The molecule has 2 fully saturated rings. The van der Waals surface area contributed by atoms with E-state index in [0.29, 0.717) is 17.8 Å². The fourth-order valence-electron chi connectivity index (χ4n) is 4.61. The lowest BCUT2D eigenvalue weighted by Crippen LogP contribution is -2.54. The summed E-state index contributed by atoms with van der Waals surface area (Å²) in [4.78, 5) is 6.09. The van der Waals surface area contributed by atoms with Crippen molar-refractivity contribution in [2.75, 3.05) is 25.2 Å². The zero-order chi connectivity index (χ0) is 18.9. The van der Waals surface area contributed by atoms with Crippen LogP contribution in [0.5, 0.6) is 11.5 Å². The molecule has 4 atom stereocenters. The molecular formula is C17H16N6O4. The standard InChI is InChI=1S/C17H16N6O4/c1-27-17-8(6-24)12-13(23(17)5-10-15(17)20-10)11(25)2-9(14(12)26)21-16-7(3-18)4-19-22-16/h2,4,8,10,15,20,24-26H,5-6H2,1H3. The molecule has 5 rings (SSSR count). The third kappa shape index (κ3) is 1.85. The number of nitriles is 1. The SMILES string of the molecule is COC12C(CO)c3c(O)c(N=C4N=NC=C4C#N)cc(O)c3N1CC1NC12. The summed E-state index contributed by atoms with van der Waals surface area (Å²) < 4.78 is 5.84. The average molecular weight is 368 g/mol. The highest BCUT2D eigenvalue weighted by Gasteiger charge is 2.70. The number of aliphatic imine (C=N–C) groups is 1. The molecule has 0 saturated carbocycles. The van der Waals surface area contributed by atoms with Crippen molar-refractivity contribution in [1.29, 1.82) is 5.26 Å². The van der Waals surface area contributed by atoms with E-state index < -0.39 is 11.6 Å². The summed E-state index contributed by atoms with van der Waals surface area (Å²) in [6.07, 6.45) is 1.27. The number of aliphatic hydroxyl groups is 1. The zero-order valence-corrected chi connectivity index (χ0v) is 14.3. The Morgan fingerprint density at radius 1 is 1.52 bits per heavy atom. The van der Waals surface area contributed by atoms with E-state index in [9.17, 15) is 15.3 Å². The van der Waals surface area contributed by atoms with E-state index in [-0.39, 0.29) is 47.3 Å². The third-order valence-corrected chi connectivity index (χ3v) is 5.76. The molecule has 4 aliphatic heterocycles. The molecule has 4 heterocycles. The van der Waals surface area contributed by atoms with Crippen LogP contribution in [0.1, 0.15) is 11.5 Å². The second-order valence-electron chi connectivity index (χ2n) is 6.88. The molecular weight excluding hydrogens is 352 g/mol. The van der Waals surface area contributed by atoms with E-state index >= 15 is 0 Å². The number of hydrogen-bond donors (Lipinski definition) is 4. The number of piperazine rings is 1. The lowest BCUT2D eigenvalue weighted by Gasteiger charge is -2.38. The second kappa shape index (κ2) is 5.26. The van der Waals surface area contributed by atoms with E-state index in [4.69, 9.17) is 10.00 Å². The molecule has 1 aromatic rings. The number of rotatable bonds is 3. The first-order chi connectivity index (χ1) is 13.1. The Hall–Kier alpha value is -3.00. The van der Waals surface area contributed by atoms with Gasteiger partial charge in [-0.15, -0.1) is 5.11 Å². The molecule has 1 aromatic carbocycles. The van der Waals surface area contributed by atoms with Crippen molar-refractivity contribution in [1.82, 2.24) is 5.32 Å². The van der Waals surface area contributed by atoms with Crippen molar-refractivity contribution in [3.8, 4) is 17.6 Å².